The minimum atomic E-state index is 0.428. The zero-order valence-corrected chi connectivity index (χ0v) is 15.1. The van der Waals surface area contributed by atoms with Gasteiger partial charge in [-0.25, -0.2) is 19.9 Å². The number of rotatable bonds is 1. The molecule has 0 bridgehead atoms. The number of nitrogens with zero attached hydrogens (tertiary/aromatic N) is 5. The highest BCUT2D eigenvalue weighted by Gasteiger charge is 2.08. The van der Waals surface area contributed by atoms with Crippen LogP contribution >= 0.6 is 22.9 Å². The smallest absolute Gasteiger partial charge is 0.206 e. The van der Waals surface area contributed by atoms with Gasteiger partial charge in [-0.15, -0.1) is 11.3 Å². The highest BCUT2D eigenvalue weighted by molar-refractivity contribution is 7.13. The van der Waals surface area contributed by atoms with E-state index in [9.17, 15) is 0 Å². The van der Waals surface area contributed by atoms with Crippen molar-refractivity contribution in [3.05, 3.63) is 58.3 Å². The van der Waals surface area contributed by atoms with Gasteiger partial charge in [-0.05, 0) is 24.8 Å². The fourth-order valence-electron chi connectivity index (χ4n) is 2.47. The number of aryl methyl sites for hydroxylation is 2. The third-order valence-electron chi connectivity index (χ3n) is 3.68. The lowest BCUT2D eigenvalue weighted by molar-refractivity contribution is 0.893. The molecule has 1 aromatic carbocycles. The van der Waals surface area contributed by atoms with Crippen molar-refractivity contribution in [1.29, 1.82) is 0 Å². The summed E-state index contributed by atoms with van der Waals surface area (Å²) in [5.41, 5.74) is 2.37. The normalized spacial score (nSPS) is 10.7. The zero-order chi connectivity index (χ0) is 17.4. The molecule has 0 N–H and O–H groups in total. The fourth-order valence-corrected chi connectivity index (χ4v) is 3.28. The number of para-hydroxylation sites is 1. The first-order chi connectivity index (χ1) is 12.1. The molecule has 0 aliphatic carbocycles. The molecule has 0 unspecified atom stereocenters. The molecular formula is C18H12ClN5S. The molecule has 4 rings (SSSR count). The number of halogens is 1. The van der Waals surface area contributed by atoms with Crippen molar-refractivity contribution in [2.45, 2.75) is 6.92 Å². The van der Waals surface area contributed by atoms with E-state index >= 15 is 0 Å². The molecule has 122 valence electrons. The quantitative estimate of drug-likeness (QED) is 0.481. The van der Waals surface area contributed by atoms with Gasteiger partial charge >= 0.3 is 0 Å². The standard InChI is InChI=1S/C18H12ClN5S/c1-11-12-4-3-5-13(19)17(12)23-15(21-11)6-7-16-22-14(10-24(16)2)18-20-8-9-25-18/h3-5,8-10H,1-2H3. The van der Waals surface area contributed by atoms with Crippen molar-refractivity contribution in [3.8, 4) is 22.5 Å². The zero-order valence-electron chi connectivity index (χ0n) is 13.5. The van der Waals surface area contributed by atoms with Crippen molar-refractivity contribution in [2.24, 2.45) is 7.05 Å². The average molecular weight is 366 g/mol. The highest BCUT2D eigenvalue weighted by atomic mass is 35.5. The van der Waals surface area contributed by atoms with Crippen LogP contribution in [0, 0.1) is 18.8 Å². The number of hydrogen-bond donors (Lipinski definition) is 0. The monoisotopic (exact) mass is 365 g/mol. The van der Waals surface area contributed by atoms with Gasteiger partial charge in [-0.3, -0.25) is 0 Å². The molecule has 0 aliphatic rings. The van der Waals surface area contributed by atoms with Gasteiger partial charge in [-0.2, -0.15) is 0 Å². The minimum Gasteiger partial charge on any atom is -0.327 e. The Morgan fingerprint density at radius 3 is 2.84 bits per heavy atom. The van der Waals surface area contributed by atoms with Crippen LogP contribution in [0.2, 0.25) is 5.02 Å². The number of fused-ring (bicyclic) bond motifs is 1. The van der Waals surface area contributed by atoms with E-state index in [1.54, 1.807) is 17.5 Å². The summed E-state index contributed by atoms with van der Waals surface area (Å²) in [5, 5.41) is 4.31. The molecule has 0 fully saturated rings. The van der Waals surface area contributed by atoms with Gasteiger partial charge < -0.3 is 4.57 Å². The predicted molar refractivity (Wildman–Crippen MR) is 99.6 cm³/mol. The first-order valence-electron chi connectivity index (χ1n) is 7.50. The van der Waals surface area contributed by atoms with Gasteiger partial charge in [0.05, 0.1) is 10.5 Å². The fraction of sp³-hybridized carbons (Fsp3) is 0.111. The van der Waals surface area contributed by atoms with E-state index in [4.69, 9.17) is 11.6 Å². The van der Waals surface area contributed by atoms with E-state index in [2.05, 4.69) is 31.8 Å². The topological polar surface area (TPSA) is 56.5 Å². The van der Waals surface area contributed by atoms with E-state index in [-0.39, 0.29) is 0 Å². The van der Waals surface area contributed by atoms with E-state index in [1.807, 2.05) is 48.3 Å². The summed E-state index contributed by atoms with van der Waals surface area (Å²) in [6.07, 6.45) is 3.67. The molecule has 3 aromatic heterocycles. The number of imidazole rings is 1. The van der Waals surface area contributed by atoms with Crippen LogP contribution in [0.3, 0.4) is 0 Å². The second-order valence-electron chi connectivity index (χ2n) is 5.42. The van der Waals surface area contributed by atoms with Gasteiger partial charge in [-0.1, -0.05) is 23.7 Å². The Bertz CT molecular complexity index is 1140. The molecule has 0 aliphatic heterocycles. The van der Waals surface area contributed by atoms with Gasteiger partial charge in [0.2, 0.25) is 5.82 Å². The maximum atomic E-state index is 6.24. The predicted octanol–water partition coefficient (Wildman–Crippen LogP) is 3.85. The third kappa shape index (κ3) is 3.00. The van der Waals surface area contributed by atoms with Gasteiger partial charge in [0.1, 0.15) is 10.7 Å². The second-order valence-corrected chi connectivity index (χ2v) is 6.72. The van der Waals surface area contributed by atoms with Crippen LogP contribution in [0.25, 0.3) is 21.6 Å². The van der Waals surface area contributed by atoms with Crippen LogP contribution in [0.4, 0.5) is 0 Å². The Kier molecular flexibility index (Phi) is 3.96. The van der Waals surface area contributed by atoms with Crippen molar-refractivity contribution >= 4 is 33.8 Å². The Morgan fingerprint density at radius 1 is 1.16 bits per heavy atom. The molecule has 7 heteroatoms. The van der Waals surface area contributed by atoms with Crippen molar-refractivity contribution in [1.82, 2.24) is 24.5 Å². The summed E-state index contributed by atoms with van der Waals surface area (Å²) in [4.78, 5) is 17.7. The lowest BCUT2D eigenvalue weighted by Gasteiger charge is -2.03. The van der Waals surface area contributed by atoms with Crippen molar-refractivity contribution < 1.29 is 0 Å². The lowest BCUT2D eigenvalue weighted by Crippen LogP contribution is -1.96. The summed E-state index contributed by atoms with van der Waals surface area (Å²) >= 11 is 7.79. The molecule has 25 heavy (non-hydrogen) atoms. The number of thiazole rings is 1. The molecule has 5 nitrogen and oxygen atoms in total. The van der Waals surface area contributed by atoms with E-state index in [0.29, 0.717) is 22.2 Å². The molecule has 0 saturated heterocycles. The van der Waals surface area contributed by atoms with E-state index in [1.165, 1.54) is 0 Å². The Balaban J connectivity index is 1.75. The Labute approximate surface area is 153 Å². The van der Waals surface area contributed by atoms with Gasteiger partial charge in [0, 0.05) is 35.9 Å². The molecule has 4 aromatic rings. The van der Waals surface area contributed by atoms with Crippen LogP contribution in [0.15, 0.2) is 36.0 Å². The van der Waals surface area contributed by atoms with Crippen molar-refractivity contribution in [2.75, 3.05) is 0 Å². The third-order valence-corrected chi connectivity index (χ3v) is 4.78. The van der Waals surface area contributed by atoms with Crippen molar-refractivity contribution in [3.63, 3.8) is 0 Å². The first-order valence-corrected chi connectivity index (χ1v) is 8.75. The lowest BCUT2D eigenvalue weighted by atomic mass is 10.2. The molecule has 0 spiro atoms. The average Bonchev–Trinajstić information content (AvgIpc) is 3.24. The summed E-state index contributed by atoms with van der Waals surface area (Å²) in [6.45, 7) is 1.92. The first kappa shape index (κ1) is 15.8. The molecular weight excluding hydrogens is 354 g/mol. The van der Waals surface area contributed by atoms with Crippen LogP contribution < -0.4 is 0 Å². The SMILES string of the molecule is Cc1nc(C#Cc2nc(-c3nccs3)cn2C)nc2c(Cl)cccc12. The Morgan fingerprint density at radius 2 is 2.04 bits per heavy atom. The molecule has 0 saturated carbocycles. The Hall–Kier alpha value is -2.75. The van der Waals surface area contributed by atoms with Crippen LogP contribution in [-0.4, -0.2) is 24.5 Å². The molecule has 0 radical (unpaired) electrons. The summed E-state index contributed by atoms with van der Waals surface area (Å²) < 4.78 is 1.87. The van der Waals surface area contributed by atoms with Gasteiger partial charge in [0.25, 0.3) is 0 Å². The van der Waals surface area contributed by atoms with E-state index < -0.39 is 0 Å². The second kappa shape index (κ2) is 6.28. The van der Waals surface area contributed by atoms with E-state index in [0.717, 1.165) is 21.8 Å². The molecule has 0 amide bonds. The molecule has 0 atom stereocenters. The van der Waals surface area contributed by atoms with Gasteiger partial charge in [0.15, 0.2) is 5.82 Å². The number of hydrogen-bond acceptors (Lipinski definition) is 5. The number of aromatic nitrogens is 5. The number of benzene rings is 1. The maximum Gasteiger partial charge on any atom is 0.206 e. The van der Waals surface area contributed by atoms with Crippen LogP contribution in [0.5, 0.6) is 0 Å². The minimum absolute atomic E-state index is 0.428. The summed E-state index contributed by atoms with van der Waals surface area (Å²) in [6, 6.07) is 5.65. The maximum absolute atomic E-state index is 6.24. The van der Waals surface area contributed by atoms with Crippen LogP contribution in [-0.2, 0) is 7.05 Å². The largest absolute Gasteiger partial charge is 0.327 e. The van der Waals surface area contributed by atoms with Crippen LogP contribution in [0.1, 0.15) is 17.3 Å². The summed E-state index contributed by atoms with van der Waals surface area (Å²) in [7, 11) is 1.90. The summed E-state index contributed by atoms with van der Waals surface area (Å²) in [5.74, 6) is 7.08. The molecule has 3 heterocycles. The highest BCUT2D eigenvalue weighted by Crippen LogP contribution is 2.23.